The Morgan fingerprint density at radius 2 is 2.15 bits per heavy atom. The molecule has 7 nitrogen and oxygen atoms in total. The van der Waals surface area contributed by atoms with Crippen LogP contribution in [-0.2, 0) is 17.1 Å². The van der Waals surface area contributed by atoms with E-state index in [2.05, 4.69) is 19.2 Å². The zero-order chi connectivity index (χ0) is 19.3. The third-order valence-electron chi connectivity index (χ3n) is 5.00. The van der Waals surface area contributed by atoms with Crippen molar-refractivity contribution in [2.75, 3.05) is 19.6 Å². The zero-order valence-electron chi connectivity index (χ0n) is 16.5. The van der Waals surface area contributed by atoms with E-state index in [4.69, 9.17) is 5.73 Å². The van der Waals surface area contributed by atoms with E-state index in [1.807, 2.05) is 0 Å². The van der Waals surface area contributed by atoms with Crippen molar-refractivity contribution in [3.63, 3.8) is 0 Å². The van der Waals surface area contributed by atoms with Gasteiger partial charge in [0.1, 0.15) is 10.6 Å². The molecule has 1 aromatic rings. The maximum Gasteiger partial charge on any atom is 0.268 e. The molecule has 0 aliphatic carbocycles. The maximum atomic E-state index is 12.9. The predicted octanol–water partition coefficient (Wildman–Crippen LogP) is 2.11. The Bertz CT molecular complexity index is 720. The molecule has 0 aromatic carbocycles. The molecule has 3 N–H and O–H groups in total. The normalized spacial score (nSPS) is 19.3. The quantitative estimate of drug-likeness (QED) is 0.672. The zero-order valence-corrected chi connectivity index (χ0v) is 18.1. The van der Waals surface area contributed by atoms with Crippen molar-refractivity contribution in [3.8, 4) is 0 Å². The molecular formula is C18H33ClN4O3S. The molecule has 0 bridgehead atoms. The molecule has 9 heteroatoms. The lowest BCUT2D eigenvalue weighted by molar-refractivity contribution is 0.0927. The summed E-state index contributed by atoms with van der Waals surface area (Å²) in [5, 5.41) is 2.92. The molecule has 1 aromatic heterocycles. The first-order valence-corrected chi connectivity index (χ1v) is 10.9. The third kappa shape index (κ3) is 5.94. The fraction of sp³-hybridized carbons (Fsp3) is 0.722. The summed E-state index contributed by atoms with van der Waals surface area (Å²) in [6, 6.07) is 1.37. The van der Waals surface area contributed by atoms with E-state index >= 15 is 0 Å². The molecule has 1 fully saturated rings. The van der Waals surface area contributed by atoms with E-state index in [0.717, 1.165) is 32.1 Å². The topological polar surface area (TPSA) is 97.4 Å². The number of piperidine rings is 1. The number of sulfonamides is 1. The highest BCUT2D eigenvalue weighted by Crippen LogP contribution is 2.24. The fourth-order valence-corrected chi connectivity index (χ4v) is 5.04. The van der Waals surface area contributed by atoms with Crippen LogP contribution in [0.2, 0.25) is 0 Å². The summed E-state index contributed by atoms with van der Waals surface area (Å²) < 4.78 is 28.9. The average molecular weight is 421 g/mol. The summed E-state index contributed by atoms with van der Waals surface area (Å²) in [6.07, 6.45) is 6.28. The number of carbonyl (C=O) groups is 1. The number of amides is 1. The van der Waals surface area contributed by atoms with E-state index < -0.39 is 10.0 Å². The Kier molecular flexibility index (Phi) is 9.27. The van der Waals surface area contributed by atoms with Crippen LogP contribution in [0, 0.1) is 5.92 Å². The van der Waals surface area contributed by atoms with Crippen molar-refractivity contribution >= 4 is 28.3 Å². The van der Waals surface area contributed by atoms with Gasteiger partial charge < -0.3 is 15.6 Å². The second-order valence-electron chi connectivity index (χ2n) is 7.33. The lowest BCUT2D eigenvalue weighted by atomic mass is 10.0. The van der Waals surface area contributed by atoms with Crippen molar-refractivity contribution in [2.24, 2.45) is 18.7 Å². The predicted molar refractivity (Wildman–Crippen MR) is 110 cm³/mol. The van der Waals surface area contributed by atoms with Crippen LogP contribution in [0.1, 0.15) is 56.4 Å². The number of unbranched alkanes of at least 4 members (excludes halogenated alkanes) is 1. The molecule has 156 valence electrons. The number of nitrogens with one attached hydrogen (secondary N) is 1. The number of aryl methyl sites for hydroxylation is 1. The van der Waals surface area contributed by atoms with Crippen LogP contribution < -0.4 is 11.1 Å². The summed E-state index contributed by atoms with van der Waals surface area (Å²) >= 11 is 0. The van der Waals surface area contributed by atoms with Crippen molar-refractivity contribution in [1.29, 1.82) is 0 Å². The van der Waals surface area contributed by atoms with Crippen LogP contribution >= 0.6 is 12.4 Å². The number of nitrogens with two attached hydrogens (primary N) is 1. The largest absolute Gasteiger partial charge is 0.347 e. The Morgan fingerprint density at radius 1 is 1.44 bits per heavy atom. The van der Waals surface area contributed by atoms with Crippen molar-refractivity contribution < 1.29 is 13.2 Å². The molecule has 2 heterocycles. The molecule has 0 radical (unpaired) electrons. The minimum Gasteiger partial charge on any atom is -0.347 e. The van der Waals surface area contributed by atoms with Gasteiger partial charge >= 0.3 is 0 Å². The first-order chi connectivity index (χ1) is 12.3. The fourth-order valence-electron chi connectivity index (χ4n) is 3.37. The van der Waals surface area contributed by atoms with Crippen LogP contribution in [0.25, 0.3) is 0 Å². The van der Waals surface area contributed by atoms with Gasteiger partial charge in [-0.2, -0.15) is 4.31 Å². The van der Waals surface area contributed by atoms with Gasteiger partial charge in [0, 0.05) is 38.9 Å². The molecule has 27 heavy (non-hydrogen) atoms. The summed E-state index contributed by atoms with van der Waals surface area (Å²) in [5.74, 6) is 0.0707. The number of rotatable bonds is 8. The molecule has 1 saturated heterocycles. The number of halogens is 1. The van der Waals surface area contributed by atoms with Gasteiger partial charge in [-0.3, -0.25) is 4.79 Å². The lowest BCUT2D eigenvalue weighted by Crippen LogP contribution is -2.40. The number of hydrogen-bond acceptors (Lipinski definition) is 4. The van der Waals surface area contributed by atoms with E-state index in [-0.39, 0.29) is 29.3 Å². The molecule has 0 saturated carbocycles. The monoisotopic (exact) mass is 420 g/mol. The van der Waals surface area contributed by atoms with Gasteiger partial charge in [-0.05, 0) is 31.2 Å². The Labute approximate surface area is 169 Å². The number of hydrogen-bond donors (Lipinski definition) is 2. The highest BCUT2D eigenvalue weighted by atomic mass is 35.5. The number of aromatic nitrogens is 1. The summed E-state index contributed by atoms with van der Waals surface area (Å²) in [7, 11) is -1.88. The minimum absolute atomic E-state index is 0. The molecule has 1 aliphatic heterocycles. The SMILES string of the molecule is CCCCC(CN)NC(=O)c1cc(S(=O)(=O)N2CCCC(C)C2)cn1C.Cl. The molecule has 2 rings (SSSR count). The van der Waals surface area contributed by atoms with E-state index in [9.17, 15) is 13.2 Å². The van der Waals surface area contributed by atoms with E-state index in [0.29, 0.717) is 31.2 Å². The Morgan fingerprint density at radius 3 is 2.74 bits per heavy atom. The summed E-state index contributed by atoms with van der Waals surface area (Å²) in [5.41, 5.74) is 6.08. The first-order valence-electron chi connectivity index (χ1n) is 9.47. The highest BCUT2D eigenvalue weighted by Gasteiger charge is 2.30. The smallest absolute Gasteiger partial charge is 0.268 e. The van der Waals surface area contributed by atoms with Gasteiger partial charge in [0.05, 0.1) is 0 Å². The van der Waals surface area contributed by atoms with E-state index in [1.54, 1.807) is 11.6 Å². The van der Waals surface area contributed by atoms with Gasteiger partial charge in [-0.25, -0.2) is 8.42 Å². The third-order valence-corrected chi connectivity index (χ3v) is 6.83. The van der Waals surface area contributed by atoms with Crippen LogP contribution in [0.3, 0.4) is 0 Å². The molecule has 1 aliphatic rings. The number of carbonyl (C=O) groups excluding carboxylic acids is 1. The van der Waals surface area contributed by atoms with Crippen LogP contribution in [0.5, 0.6) is 0 Å². The molecular weight excluding hydrogens is 388 g/mol. The van der Waals surface area contributed by atoms with E-state index in [1.165, 1.54) is 16.6 Å². The second-order valence-corrected chi connectivity index (χ2v) is 9.27. The Balaban J connectivity index is 0.00000364. The average Bonchev–Trinajstić information content (AvgIpc) is 3.01. The Hall–Kier alpha value is -1.09. The standard InChI is InChI=1S/C18H32N4O3S.ClH/c1-4-5-8-15(11-19)20-18(23)17-10-16(13-21(17)3)26(24,25)22-9-6-7-14(2)12-22;/h10,13-15H,4-9,11-12,19H2,1-3H3,(H,20,23);1H. The molecule has 2 atom stereocenters. The van der Waals surface area contributed by atoms with Crippen LogP contribution in [0.4, 0.5) is 0 Å². The second kappa shape index (κ2) is 10.5. The van der Waals surface area contributed by atoms with Crippen LogP contribution in [0.15, 0.2) is 17.2 Å². The van der Waals surface area contributed by atoms with Gasteiger partial charge in [-0.1, -0.05) is 26.7 Å². The van der Waals surface area contributed by atoms with Crippen molar-refractivity contribution in [3.05, 3.63) is 18.0 Å². The van der Waals surface area contributed by atoms with Gasteiger partial charge in [0.25, 0.3) is 5.91 Å². The van der Waals surface area contributed by atoms with Gasteiger partial charge in [0.2, 0.25) is 10.0 Å². The highest BCUT2D eigenvalue weighted by molar-refractivity contribution is 7.89. The number of nitrogens with zero attached hydrogens (tertiary/aromatic N) is 2. The summed E-state index contributed by atoms with van der Waals surface area (Å²) in [4.78, 5) is 12.7. The molecule has 2 unspecified atom stereocenters. The van der Waals surface area contributed by atoms with Crippen molar-refractivity contribution in [2.45, 2.75) is 56.9 Å². The van der Waals surface area contributed by atoms with Crippen LogP contribution in [-0.4, -0.2) is 48.9 Å². The van der Waals surface area contributed by atoms with Gasteiger partial charge in [-0.15, -0.1) is 12.4 Å². The minimum atomic E-state index is -3.57. The molecule has 0 spiro atoms. The summed E-state index contributed by atoms with van der Waals surface area (Å²) in [6.45, 7) is 5.59. The maximum absolute atomic E-state index is 12.9. The first kappa shape index (κ1) is 23.9. The lowest BCUT2D eigenvalue weighted by Gasteiger charge is -2.29. The van der Waals surface area contributed by atoms with Gasteiger partial charge in [0.15, 0.2) is 0 Å². The molecule has 1 amide bonds. The van der Waals surface area contributed by atoms with Crippen molar-refractivity contribution in [1.82, 2.24) is 14.2 Å².